The normalized spacial score (nSPS) is 10.4. The Bertz CT molecular complexity index is 497. The van der Waals surface area contributed by atoms with Crippen molar-refractivity contribution in [3.63, 3.8) is 0 Å². The molecule has 5 heteroatoms. The molecule has 3 N–H and O–H groups in total. The summed E-state index contributed by atoms with van der Waals surface area (Å²) in [5, 5.41) is 8.84. The van der Waals surface area contributed by atoms with Gasteiger partial charge in [-0.3, -0.25) is 14.5 Å². The van der Waals surface area contributed by atoms with Crippen molar-refractivity contribution in [1.82, 2.24) is 4.90 Å². The molecule has 1 aromatic carbocycles. The molecule has 1 amide bonds. The number of amides is 1. The fourth-order valence-electron chi connectivity index (χ4n) is 1.83. The third-order valence-electron chi connectivity index (χ3n) is 2.77. The van der Waals surface area contributed by atoms with Crippen molar-refractivity contribution in [2.24, 2.45) is 5.73 Å². The number of benzene rings is 1. The summed E-state index contributed by atoms with van der Waals surface area (Å²) in [6.45, 7) is 6.41. The lowest BCUT2D eigenvalue weighted by Gasteiger charge is -2.19. The predicted molar refractivity (Wildman–Crippen MR) is 72.8 cm³/mol. The molecule has 0 atom stereocenters. The first-order valence-electron chi connectivity index (χ1n) is 5.88. The van der Waals surface area contributed by atoms with Crippen LogP contribution in [0.5, 0.6) is 0 Å². The van der Waals surface area contributed by atoms with Crippen molar-refractivity contribution >= 4 is 11.9 Å². The van der Waals surface area contributed by atoms with Gasteiger partial charge in [0.15, 0.2) is 0 Å². The van der Waals surface area contributed by atoms with E-state index < -0.39 is 11.9 Å². The molecule has 0 radical (unpaired) electrons. The number of nitrogens with two attached hydrogens (primary N) is 1. The number of aliphatic carboxylic acids is 1. The minimum absolute atomic E-state index is 0.0525. The minimum atomic E-state index is -0.881. The van der Waals surface area contributed by atoms with E-state index in [0.29, 0.717) is 18.7 Å². The standard InChI is InChI=1S/C14H18N2O3/c1-3-6-16(9-13(17)18)8-12-5-4-11(14(15)19)7-10(12)2/h3-5,7H,1,6,8-9H2,2H3,(H2,15,19)(H,17,18). The van der Waals surface area contributed by atoms with Gasteiger partial charge in [-0.05, 0) is 30.2 Å². The second-order valence-electron chi connectivity index (χ2n) is 4.36. The van der Waals surface area contributed by atoms with Crippen LogP contribution in [-0.2, 0) is 11.3 Å². The number of nitrogens with zero attached hydrogens (tertiary/aromatic N) is 1. The van der Waals surface area contributed by atoms with Crippen LogP contribution < -0.4 is 5.73 Å². The van der Waals surface area contributed by atoms with Crippen LogP contribution in [0.3, 0.4) is 0 Å². The lowest BCUT2D eigenvalue weighted by atomic mass is 10.0. The van der Waals surface area contributed by atoms with Crippen LogP contribution in [0.15, 0.2) is 30.9 Å². The van der Waals surface area contributed by atoms with Gasteiger partial charge in [-0.1, -0.05) is 12.1 Å². The van der Waals surface area contributed by atoms with E-state index in [1.165, 1.54) is 0 Å². The Balaban J connectivity index is 2.87. The molecule has 0 unspecified atom stereocenters. The first-order chi connectivity index (χ1) is 8.93. The number of carboxylic acids is 1. The molecule has 1 aromatic rings. The molecule has 0 saturated heterocycles. The maximum atomic E-state index is 11.1. The molecule has 0 aliphatic heterocycles. The minimum Gasteiger partial charge on any atom is -0.480 e. The lowest BCUT2D eigenvalue weighted by Crippen LogP contribution is -2.29. The Morgan fingerprint density at radius 3 is 2.63 bits per heavy atom. The van der Waals surface area contributed by atoms with Gasteiger partial charge in [0.05, 0.1) is 6.54 Å². The van der Waals surface area contributed by atoms with Gasteiger partial charge >= 0.3 is 5.97 Å². The highest BCUT2D eigenvalue weighted by Gasteiger charge is 2.11. The summed E-state index contributed by atoms with van der Waals surface area (Å²) in [6.07, 6.45) is 1.66. The van der Waals surface area contributed by atoms with Crippen LogP contribution in [-0.4, -0.2) is 35.0 Å². The average molecular weight is 262 g/mol. The molecule has 0 aliphatic carbocycles. The van der Waals surface area contributed by atoms with Gasteiger partial charge in [-0.15, -0.1) is 6.58 Å². The zero-order chi connectivity index (χ0) is 14.4. The highest BCUT2D eigenvalue weighted by Crippen LogP contribution is 2.13. The molecule has 102 valence electrons. The fourth-order valence-corrected chi connectivity index (χ4v) is 1.83. The van der Waals surface area contributed by atoms with Crippen LogP contribution >= 0.6 is 0 Å². The molecule has 0 spiro atoms. The number of aryl methyl sites for hydroxylation is 1. The summed E-state index contributed by atoms with van der Waals surface area (Å²) in [7, 11) is 0. The van der Waals surface area contributed by atoms with Gasteiger partial charge < -0.3 is 10.8 Å². The van der Waals surface area contributed by atoms with Crippen LogP contribution in [0.25, 0.3) is 0 Å². The molecule has 0 bridgehead atoms. The summed E-state index contributed by atoms with van der Waals surface area (Å²) >= 11 is 0. The Hall–Kier alpha value is -2.14. The Morgan fingerprint density at radius 2 is 2.16 bits per heavy atom. The second kappa shape index (κ2) is 6.70. The highest BCUT2D eigenvalue weighted by molar-refractivity contribution is 5.93. The van der Waals surface area contributed by atoms with Gasteiger partial charge in [-0.25, -0.2) is 0 Å². The molecule has 5 nitrogen and oxygen atoms in total. The second-order valence-corrected chi connectivity index (χ2v) is 4.36. The number of carboxylic acid groups (broad SMARTS) is 1. The van der Waals surface area contributed by atoms with Crippen molar-refractivity contribution in [2.75, 3.05) is 13.1 Å². The number of hydrogen-bond donors (Lipinski definition) is 2. The number of primary amides is 1. The molecular weight excluding hydrogens is 244 g/mol. The van der Waals surface area contributed by atoms with E-state index >= 15 is 0 Å². The van der Waals surface area contributed by atoms with E-state index in [1.54, 1.807) is 29.2 Å². The number of rotatable bonds is 7. The Kier molecular flexibility index (Phi) is 5.26. The van der Waals surface area contributed by atoms with Crippen molar-refractivity contribution in [3.05, 3.63) is 47.5 Å². The molecule has 0 saturated carbocycles. The van der Waals surface area contributed by atoms with Gasteiger partial charge in [-0.2, -0.15) is 0 Å². The number of carbonyl (C=O) groups is 2. The topological polar surface area (TPSA) is 83.6 Å². The monoisotopic (exact) mass is 262 g/mol. The largest absolute Gasteiger partial charge is 0.480 e. The maximum Gasteiger partial charge on any atom is 0.317 e. The van der Waals surface area contributed by atoms with Gasteiger partial charge in [0.2, 0.25) is 5.91 Å². The Labute approximate surface area is 112 Å². The maximum absolute atomic E-state index is 11.1. The van der Waals surface area contributed by atoms with Gasteiger partial charge in [0.25, 0.3) is 0 Å². The van der Waals surface area contributed by atoms with E-state index in [4.69, 9.17) is 10.8 Å². The number of hydrogen-bond acceptors (Lipinski definition) is 3. The molecule has 19 heavy (non-hydrogen) atoms. The quantitative estimate of drug-likeness (QED) is 0.722. The van der Waals surface area contributed by atoms with Crippen molar-refractivity contribution < 1.29 is 14.7 Å². The van der Waals surface area contributed by atoms with E-state index in [-0.39, 0.29) is 6.54 Å². The fraction of sp³-hybridized carbons (Fsp3) is 0.286. The predicted octanol–water partition coefficient (Wildman–Crippen LogP) is 1.17. The van der Waals surface area contributed by atoms with E-state index in [2.05, 4.69) is 6.58 Å². The van der Waals surface area contributed by atoms with Crippen LogP contribution in [0.2, 0.25) is 0 Å². The summed E-state index contributed by atoms with van der Waals surface area (Å²) in [6, 6.07) is 5.16. The molecule has 0 fully saturated rings. The Morgan fingerprint density at radius 1 is 1.47 bits per heavy atom. The van der Waals surface area contributed by atoms with E-state index in [9.17, 15) is 9.59 Å². The highest BCUT2D eigenvalue weighted by atomic mass is 16.4. The first-order valence-corrected chi connectivity index (χ1v) is 5.88. The zero-order valence-corrected chi connectivity index (χ0v) is 10.9. The summed E-state index contributed by atoms with van der Waals surface area (Å²) < 4.78 is 0. The third-order valence-corrected chi connectivity index (χ3v) is 2.77. The van der Waals surface area contributed by atoms with Crippen LogP contribution in [0, 0.1) is 6.92 Å². The number of carbonyl (C=O) groups excluding carboxylic acids is 1. The van der Waals surface area contributed by atoms with Crippen LogP contribution in [0.1, 0.15) is 21.5 Å². The first kappa shape index (κ1) is 14.9. The zero-order valence-electron chi connectivity index (χ0n) is 10.9. The summed E-state index contributed by atoms with van der Waals surface area (Å²) in [5.41, 5.74) is 7.54. The smallest absolute Gasteiger partial charge is 0.317 e. The van der Waals surface area contributed by atoms with Crippen molar-refractivity contribution in [1.29, 1.82) is 0 Å². The summed E-state index contributed by atoms with van der Waals surface area (Å²) in [4.78, 5) is 23.6. The van der Waals surface area contributed by atoms with Crippen LogP contribution in [0.4, 0.5) is 0 Å². The van der Waals surface area contributed by atoms with Crippen molar-refractivity contribution in [3.8, 4) is 0 Å². The lowest BCUT2D eigenvalue weighted by molar-refractivity contribution is -0.138. The molecule has 0 aromatic heterocycles. The molecular formula is C14H18N2O3. The average Bonchev–Trinajstić information content (AvgIpc) is 2.31. The van der Waals surface area contributed by atoms with Crippen molar-refractivity contribution in [2.45, 2.75) is 13.5 Å². The van der Waals surface area contributed by atoms with Gasteiger partial charge in [0, 0.05) is 18.7 Å². The molecule has 1 rings (SSSR count). The third kappa shape index (κ3) is 4.56. The molecule has 0 aliphatic rings. The van der Waals surface area contributed by atoms with E-state index in [0.717, 1.165) is 11.1 Å². The van der Waals surface area contributed by atoms with E-state index in [1.807, 2.05) is 6.92 Å². The SMILES string of the molecule is C=CCN(CC(=O)O)Cc1ccc(C(N)=O)cc1C. The molecule has 0 heterocycles. The summed E-state index contributed by atoms with van der Waals surface area (Å²) in [5.74, 6) is -1.35. The van der Waals surface area contributed by atoms with Gasteiger partial charge in [0.1, 0.15) is 0 Å².